The summed E-state index contributed by atoms with van der Waals surface area (Å²) in [6.45, 7) is 2.14. The monoisotopic (exact) mass is 428 g/mol. The molecule has 0 radical (unpaired) electrons. The van der Waals surface area contributed by atoms with E-state index in [0.29, 0.717) is 22.6 Å². The second kappa shape index (κ2) is 8.63. The van der Waals surface area contributed by atoms with E-state index in [-0.39, 0.29) is 17.6 Å². The summed E-state index contributed by atoms with van der Waals surface area (Å²) in [5, 5.41) is 13.8. The predicted molar refractivity (Wildman–Crippen MR) is 117 cm³/mol. The van der Waals surface area contributed by atoms with Crippen molar-refractivity contribution in [2.45, 2.75) is 25.0 Å². The third kappa shape index (κ3) is 4.14. The number of aliphatic hydroxyl groups is 1. The first-order chi connectivity index (χ1) is 14.5. The number of aromatic nitrogens is 2. The van der Waals surface area contributed by atoms with Gasteiger partial charge in [-0.05, 0) is 48.7 Å². The number of hydrogen-bond acceptors (Lipinski definition) is 4. The fraction of sp³-hybridized carbons (Fsp3) is 0.364. The number of rotatable bonds is 5. The molecule has 158 valence electrons. The van der Waals surface area contributed by atoms with Crippen molar-refractivity contribution in [3.8, 4) is 0 Å². The molecule has 0 aliphatic carbocycles. The molecule has 4 rings (SSSR count). The molecule has 30 heavy (non-hydrogen) atoms. The van der Waals surface area contributed by atoms with Gasteiger partial charge in [-0.2, -0.15) is 0 Å². The number of nitrogens with zero attached hydrogens (tertiary/aromatic N) is 2. The van der Waals surface area contributed by atoms with Gasteiger partial charge in [0.05, 0.1) is 17.1 Å². The molecular formula is C22H25ClN4O3. The summed E-state index contributed by atoms with van der Waals surface area (Å²) in [6, 6.07) is 12.6. The highest BCUT2D eigenvalue weighted by Crippen LogP contribution is 2.27. The number of imidazole rings is 1. The molecule has 1 atom stereocenters. The van der Waals surface area contributed by atoms with Crippen LogP contribution in [0.25, 0.3) is 11.0 Å². The van der Waals surface area contributed by atoms with Gasteiger partial charge in [0, 0.05) is 43.3 Å². The second-order valence-electron chi connectivity index (χ2n) is 7.71. The Morgan fingerprint density at radius 2 is 1.93 bits per heavy atom. The van der Waals surface area contributed by atoms with E-state index in [1.54, 1.807) is 35.9 Å². The van der Waals surface area contributed by atoms with Crippen molar-refractivity contribution in [2.24, 2.45) is 0 Å². The van der Waals surface area contributed by atoms with Crippen LogP contribution in [0.2, 0.25) is 5.02 Å². The van der Waals surface area contributed by atoms with Crippen molar-refractivity contribution in [3.05, 3.63) is 69.1 Å². The summed E-state index contributed by atoms with van der Waals surface area (Å²) in [7, 11) is 1.58. The van der Waals surface area contributed by atoms with E-state index < -0.39 is 6.10 Å². The van der Waals surface area contributed by atoms with Gasteiger partial charge in [0.25, 0.3) is 5.91 Å². The van der Waals surface area contributed by atoms with Gasteiger partial charge in [0.1, 0.15) is 0 Å². The minimum atomic E-state index is -0.572. The van der Waals surface area contributed by atoms with Gasteiger partial charge in [0.2, 0.25) is 0 Å². The van der Waals surface area contributed by atoms with Crippen molar-refractivity contribution in [2.75, 3.05) is 26.7 Å². The van der Waals surface area contributed by atoms with Gasteiger partial charge < -0.3 is 20.3 Å². The zero-order valence-electron chi connectivity index (χ0n) is 16.8. The third-order valence-corrected chi connectivity index (χ3v) is 6.07. The number of halogens is 1. The quantitative estimate of drug-likeness (QED) is 0.582. The number of carbonyl (C=O) groups excluding carboxylic acids is 1. The number of nitrogens with one attached hydrogen (secondary N) is 2. The number of carbonyl (C=O) groups is 1. The molecule has 1 saturated heterocycles. The topological polar surface area (TPSA) is 90.4 Å². The normalized spacial score (nSPS) is 16.6. The summed E-state index contributed by atoms with van der Waals surface area (Å²) in [5.74, 6) is -0.182. The number of β-amino-alcohol motifs (C(OH)–C–C–N with tert-alkyl or cyclic N) is 1. The largest absolute Gasteiger partial charge is 0.387 e. The fourth-order valence-corrected chi connectivity index (χ4v) is 4.30. The number of fused-ring (bicyclic) bond motifs is 1. The van der Waals surface area contributed by atoms with Crippen molar-refractivity contribution < 1.29 is 9.90 Å². The van der Waals surface area contributed by atoms with E-state index >= 15 is 0 Å². The Labute approximate surface area is 179 Å². The standard InChI is InChI=1S/C22H25ClN4O3/c1-24-21(29)15-4-7-19-18(12-15)25-22(30)27(19)17-8-10-26(11-9-17)13-20(28)14-2-5-16(23)6-3-14/h2-7,12,17,20,28H,8-11,13H2,1H3,(H,24,29)(H,25,30). The molecule has 1 amide bonds. The maximum absolute atomic E-state index is 12.6. The van der Waals surface area contributed by atoms with Crippen molar-refractivity contribution in [1.82, 2.24) is 19.8 Å². The third-order valence-electron chi connectivity index (χ3n) is 5.81. The van der Waals surface area contributed by atoms with Crippen LogP contribution in [0.4, 0.5) is 0 Å². The van der Waals surface area contributed by atoms with Crippen LogP contribution in [0, 0.1) is 0 Å². The molecule has 2 aromatic carbocycles. The van der Waals surface area contributed by atoms with E-state index in [2.05, 4.69) is 15.2 Å². The van der Waals surface area contributed by atoms with Gasteiger partial charge >= 0.3 is 5.69 Å². The maximum Gasteiger partial charge on any atom is 0.326 e. The van der Waals surface area contributed by atoms with Crippen molar-refractivity contribution in [3.63, 3.8) is 0 Å². The number of H-pyrrole nitrogens is 1. The molecular weight excluding hydrogens is 404 g/mol. The molecule has 2 heterocycles. The molecule has 1 aromatic heterocycles. The Morgan fingerprint density at radius 3 is 2.60 bits per heavy atom. The Hall–Kier alpha value is -2.61. The maximum atomic E-state index is 12.6. The Kier molecular flexibility index (Phi) is 5.94. The summed E-state index contributed by atoms with van der Waals surface area (Å²) in [5.41, 5.74) is 2.69. The van der Waals surface area contributed by atoms with Crippen LogP contribution in [0.3, 0.4) is 0 Å². The molecule has 0 bridgehead atoms. The number of amides is 1. The summed E-state index contributed by atoms with van der Waals surface area (Å²) >= 11 is 5.92. The molecule has 1 aliphatic rings. The van der Waals surface area contributed by atoms with E-state index in [1.807, 2.05) is 18.2 Å². The van der Waals surface area contributed by atoms with Crippen LogP contribution in [-0.2, 0) is 0 Å². The number of hydrogen-bond donors (Lipinski definition) is 3. The first-order valence-corrected chi connectivity index (χ1v) is 10.5. The van der Waals surface area contributed by atoms with Crippen molar-refractivity contribution >= 4 is 28.5 Å². The number of likely N-dealkylation sites (tertiary alicyclic amines) is 1. The number of aliphatic hydroxyl groups excluding tert-OH is 1. The van der Waals surface area contributed by atoms with Gasteiger partial charge in [-0.1, -0.05) is 23.7 Å². The highest BCUT2D eigenvalue weighted by molar-refractivity contribution is 6.30. The van der Waals surface area contributed by atoms with E-state index in [0.717, 1.165) is 37.0 Å². The first kappa shape index (κ1) is 20.7. The molecule has 1 fully saturated rings. The smallest absolute Gasteiger partial charge is 0.326 e. The van der Waals surface area contributed by atoms with Crippen LogP contribution in [-0.4, -0.2) is 52.1 Å². The molecule has 3 aromatic rings. The molecule has 7 nitrogen and oxygen atoms in total. The SMILES string of the molecule is CNC(=O)c1ccc2c(c1)[nH]c(=O)n2C1CCN(CC(O)c2ccc(Cl)cc2)CC1. The fourth-order valence-electron chi connectivity index (χ4n) is 4.17. The average molecular weight is 429 g/mol. The van der Waals surface area contributed by atoms with E-state index in [9.17, 15) is 14.7 Å². The second-order valence-corrected chi connectivity index (χ2v) is 8.15. The first-order valence-electron chi connectivity index (χ1n) is 10.1. The minimum Gasteiger partial charge on any atom is -0.387 e. The number of piperidine rings is 1. The Bertz CT molecular complexity index is 1100. The lowest BCUT2D eigenvalue weighted by Crippen LogP contribution is -2.39. The lowest BCUT2D eigenvalue weighted by Gasteiger charge is -2.33. The zero-order valence-corrected chi connectivity index (χ0v) is 17.5. The van der Waals surface area contributed by atoms with E-state index in [1.165, 1.54) is 0 Å². The van der Waals surface area contributed by atoms with Gasteiger partial charge in [0.15, 0.2) is 0 Å². The summed E-state index contributed by atoms with van der Waals surface area (Å²) in [4.78, 5) is 29.6. The molecule has 0 spiro atoms. The van der Waals surface area contributed by atoms with Crippen LogP contribution in [0.15, 0.2) is 47.3 Å². The molecule has 8 heteroatoms. The highest BCUT2D eigenvalue weighted by atomic mass is 35.5. The van der Waals surface area contributed by atoms with Crippen LogP contribution >= 0.6 is 11.6 Å². The lowest BCUT2D eigenvalue weighted by atomic mass is 10.0. The van der Waals surface area contributed by atoms with Crippen LogP contribution in [0.5, 0.6) is 0 Å². The van der Waals surface area contributed by atoms with Crippen LogP contribution in [0.1, 0.15) is 40.9 Å². The highest BCUT2D eigenvalue weighted by Gasteiger charge is 2.25. The van der Waals surface area contributed by atoms with Gasteiger partial charge in [-0.3, -0.25) is 9.36 Å². The predicted octanol–water partition coefficient (Wildman–Crippen LogP) is 2.71. The summed E-state index contributed by atoms with van der Waals surface area (Å²) in [6.07, 6.45) is 1.06. The van der Waals surface area contributed by atoms with E-state index in [4.69, 9.17) is 11.6 Å². The van der Waals surface area contributed by atoms with Gasteiger partial charge in [-0.15, -0.1) is 0 Å². The zero-order chi connectivity index (χ0) is 21.3. The molecule has 3 N–H and O–H groups in total. The molecule has 1 aliphatic heterocycles. The molecule has 0 saturated carbocycles. The van der Waals surface area contributed by atoms with Gasteiger partial charge in [-0.25, -0.2) is 4.79 Å². The lowest BCUT2D eigenvalue weighted by molar-refractivity contribution is 0.0906. The van der Waals surface area contributed by atoms with Crippen molar-refractivity contribution in [1.29, 1.82) is 0 Å². The van der Waals surface area contributed by atoms with Crippen LogP contribution < -0.4 is 11.0 Å². The Balaban J connectivity index is 1.44. The number of aromatic amines is 1. The minimum absolute atomic E-state index is 0.0843. The number of benzene rings is 2. The summed E-state index contributed by atoms with van der Waals surface area (Å²) < 4.78 is 1.80. The molecule has 1 unspecified atom stereocenters. The Morgan fingerprint density at radius 1 is 1.23 bits per heavy atom. The average Bonchev–Trinajstić information content (AvgIpc) is 3.09.